The minimum atomic E-state index is -1.39. The maximum Gasteiger partial charge on any atom is 0.251 e. The van der Waals surface area contributed by atoms with Crippen LogP contribution in [0.1, 0.15) is 0 Å². The van der Waals surface area contributed by atoms with Crippen LogP contribution in [-0.2, 0) is 0 Å². The first-order valence-electron chi connectivity index (χ1n) is 4.71. The Kier molecular flexibility index (Phi) is 3.63. The summed E-state index contributed by atoms with van der Waals surface area (Å²) in [6, 6.07) is 4.79. The Morgan fingerprint density at radius 2 is 1.67 bits per heavy atom. The van der Waals surface area contributed by atoms with Crippen LogP contribution in [0, 0.1) is 17.6 Å². The number of halogens is 5. The van der Waals surface area contributed by atoms with Gasteiger partial charge in [-0.1, -0.05) is 23.2 Å². The van der Waals surface area contributed by atoms with Crippen LogP contribution in [-0.4, -0.2) is 4.98 Å². The van der Waals surface area contributed by atoms with Crippen molar-refractivity contribution in [2.75, 3.05) is 5.32 Å². The van der Waals surface area contributed by atoms with E-state index < -0.39 is 23.4 Å². The average molecular weight is 293 g/mol. The van der Waals surface area contributed by atoms with E-state index in [1.54, 1.807) is 0 Å². The molecule has 2 aromatic rings. The van der Waals surface area contributed by atoms with Crippen LogP contribution in [0.25, 0.3) is 0 Å². The van der Waals surface area contributed by atoms with Crippen LogP contribution in [0.3, 0.4) is 0 Å². The molecule has 18 heavy (non-hydrogen) atoms. The number of benzene rings is 1. The Labute approximate surface area is 110 Å². The summed E-state index contributed by atoms with van der Waals surface area (Å²) < 4.78 is 38.8. The lowest BCUT2D eigenvalue weighted by Crippen LogP contribution is -2.01. The molecule has 2 rings (SSSR count). The zero-order valence-corrected chi connectivity index (χ0v) is 10.2. The molecular weight excluding hydrogens is 288 g/mol. The summed E-state index contributed by atoms with van der Waals surface area (Å²) in [4.78, 5) is 3.12. The smallest absolute Gasteiger partial charge is 0.251 e. The molecule has 94 valence electrons. The predicted molar refractivity (Wildman–Crippen MR) is 63.9 cm³/mol. The molecule has 0 bridgehead atoms. The van der Waals surface area contributed by atoms with Crippen LogP contribution in [0.2, 0.25) is 10.0 Å². The van der Waals surface area contributed by atoms with Gasteiger partial charge in [-0.05, 0) is 18.2 Å². The van der Waals surface area contributed by atoms with Gasteiger partial charge in [0.1, 0.15) is 0 Å². The van der Waals surface area contributed by atoms with E-state index in [2.05, 4.69) is 10.3 Å². The fourth-order valence-corrected chi connectivity index (χ4v) is 1.54. The van der Waals surface area contributed by atoms with E-state index in [4.69, 9.17) is 23.2 Å². The van der Waals surface area contributed by atoms with Crippen LogP contribution < -0.4 is 5.32 Å². The Bertz CT molecular complexity index is 605. The van der Waals surface area contributed by atoms with Gasteiger partial charge >= 0.3 is 0 Å². The highest BCUT2D eigenvalue weighted by atomic mass is 35.5. The number of aromatic nitrogens is 1. The summed E-state index contributed by atoms with van der Waals surface area (Å²) in [5.41, 5.74) is 0.349. The van der Waals surface area contributed by atoms with Gasteiger partial charge in [-0.2, -0.15) is 9.37 Å². The van der Waals surface area contributed by atoms with Gasteiger partial charge in [-0.25, -0.2) is 8.78 Å². The SMILES string of the molecule is Fc1cc(F)c(Nc2ccc(Cl)c(Cl)c2)nc1F. The molecule has 0 saturated heterocycles. The molecule has 1 aromatic carbocycles. The van der Waals surface area contributed by atoms with E-state index in [0.29, 0.717) is 16.8 Å². The van der Waals surface area contributed by atoms with E-state index in [0.717, 1.165) is 0 Å². The summed E-state index contributed by atoms with van der Waals surface area (Å²) in [6.07, 6.45) is 0. The standard InChI is InChI=1S/C11H5Cl2F3N2/c12-6-2-1-5(3-7(6)13)17-11-9(15)4-8(14)10(16)18-11/h1-4H,(H,17,18). The summed E-state index contributed by atoms with van der Waals surface area (Å²) in [5, 5.41) is 3.03. The molecule has 0 spiro atoms. The predicted octanol–water partition coefficient (Wildman–Crippen LogP) is 4.55. The van der Waals surface area contributed by atoms with Crippen molar-refractivity contribution in [3.8, 4) is 0 Å². The van der Waals surface area contributed by atoms with Crippen LogP contribution >= 0.6 is 23.2 Å². The van der Waals surface area contributed by atoms with Crippen molar-refractivity contribution < 1.29 is 13.2 Å². The van der Waals surface area contributed by atoms with Gasteiger partial charge in [0.05, 0.1) is 10.0 Å². The fraction of sp³-hybridized carbons (Fsp3) is 0. The molecule has 7 heteroatoms. The highest BCUT2D eigenvalue weighted by Crippen LogP contribution is 2.27. The molecule has 0 aliphatic carbocycles. The molecule has 0 radical (unpaired) electrons. The third-order valence-electron chi connectivity index (χ3n) is 2.07. The first-order chi connectivity index (χ1) is 8.47. The Morgan fingerprint density at radius 3 is 2.33 bits per heavy atom. The highest BCUT2D eigenvalue weighted by Gasteiger charge is 2.12. The van der Waals surface area contributed by atoms with Crippen molar-refractivity contribution in [2.45, 2.75) is 0 Å². The molecule has 0 aliphatic heterocycles. The number of pyridine rings is 1. The van der Waals surface area contributed by atoms with Crippen molar-refractivity contribution in [3.05, 3.63) is 51.9 Å². The van der Waals surface area contributed by atoms with Gasteiger partial charge < -0.3 is 5.32 Å². The lowest BCUT2D eigenvalue weighted by Gasteiger charge is -2.07. The zero-order valence-electron chi connectivity index (χ0n) is 8.65. The van der Waals surface area contributed by atoms with Crippen molar-refractivity contribution in [2.24, 2.45) is 0 Å². The number of nitrogens with zero attached hydrogens (tertiary/aromatic N) is 1. The van der Waals surface area contributed by atoms with Gasteiger partial charge in [-0.3, -0.25) is 0 Å². The highest BCUT2D eigenvalue weighted by molar-refractivity contribution is 6.42. The van der Waals surface area contributed by atoms with Gasteiger partial charge in [0.15, 0.2) is 17.5 Å². The second-order valence-electron chi connectivity index (χ2n) is 3.35. The van der Waals surface area contributed by atoms with E-state index in [1.165, 1.54) is 18.2 Å². The first-order valence-corrected chi connectivity index (χ1v) is 5.46. The topological polar surface area (TPSA) is 24.9 Å². The van der Waals surface area contributed by atoms with Crippen LogP contribution in [0.4, 0.5) is 24.7 Å². The number of hydrogen-bond donors (Lipinski definition) is 1. The van der Waals surface area contributed by atoms with Gasteiger partial charge in [0.25, 0.3) is 5.95 Å². The van der Waals surface area contributed by atoms with Gasteiger partial charge in [0, 0.05) is 11.8 Å². The summed E-state index contributed by atoms with van der Waals surface area (Å²) in [5.74, 6) is -4.20. The van der Waals surface area contributed by atoms with Crippen molar-refractivity contribution in [1.82, 2.24) is 4.98 Å². The molecule has 0 unspecified atom stereocenters. The van der Waals surface area contributed by atoms with Crippen molar-refractivity contribution in [1.29, 1.82) is 0 Å². The minimum absolute atomic E-state index is 0.240. The number of anilines is 2. The third-order valence-corrected chi connectivity index (χ3v) is 2.81. The largest absolute Gasteiger partial charge is 0.338 e. The molecule has 0 atom stereocenters. The third kappa shape index (κ3) is 2.68. The Hall–Kier alpha value is -1.46. The molecule has 0 saturated carbocycles. The van der Waals surface area contributed by atoms with E-state index in [9.17, 15) is 13.2 Å². The second-order valence-corrected chi connectivity index (χ2v) is 4.16. The summed E-state index contributed by atoms with van der Waals surface area (Å²) >= 11 is 11.5. The molecule has 1 aromatic heterocycles. The summed E-state index contributed by atoms with van der Waals surface area (Å²) in [7, 11) is 0. The van der Waals surface area contributed by atoms with Crippen LogP contribution in [0.5, 0.6) is 0 Å². The van der Waals surface area contributed by atoms with Gasteiger partial charge in [0.2, 0.25) is 0 Å². The lowest BCUT2D eigenvalue weighted by atomic mass is 10.3. The van der Waals surface area contributed by atoms with E-state index >= 15 is 0 Å². The molecular formula is C11H5Cl2F3N2. The molecule has 1 N–H and O–H groups in total. The Morgan fingerprint density at radius 1 is 0.944 bits per heavy atom. The normalized spacial score (nSPS) is 10.5. The lowest BCUT2D eigenvalue weighted by molar-refractivity contribution is 0.467. The minimum Gasteiger partial charge on any atom is -0.338 e. The average Bonchev–Trinajstić information content (AvgIpc) is 2.31. The maximum atomic E-state index is 13.3. The summed E-state index contributed by atoms with van der Waals surface area (Å²) in [6.45, 7) is 0. The quantitative estimate of drug-likeness (QED) is 0.822. The van der Waals surface area contributed by atoms with Crippen molar-refractivity contribution in [3.63, 3.8) is 0 Å². The monoisotopic (exact) mass is 292 g/mol. The molecule has 0 amide bonds. The number of rotatable bonds is 2. The van der Waals surface area contributed by atoms with Crippen LogP contribution in [0.15, 0.2) is 24.3 Å². The zero-order chi connectivity index (χ0) is 13.3. The molecule has 1 heterocycles. The number of hydrogen-bond acceptors (Lipinski definition) is 2. The van der Waals surface area contributed by atoms with Crippen molar-refractivity contribution >= 4 is 34.7 Å². The first kappa shape index (κ1) is 13.0. The molecule has 2 nitrogen and oxygen atoms in total. The second kappa shape index (κ2) is 5.04. The Balaban J connectivity index is 2.34. The van der Waals surface area contributed by atoms with Gasteiger partial charge in [-0.15, -0.1) is 0 Å². The van der Waals surface area contributed by atoms with E-state index in [1.807, 2.05) is 0 Å². The fourth-order valence-electron chi connectivity index (χ4n) is 1.24. The maximum absolute atomic E-state index is 13.3. The van der Waals surface area contributed by atoms with E-state index in [-0.39, 0.29) is 5.02 Å². The number of nitrogens with one attached hydrogen (secondary N) is 1. The molecule has 0 aliphatic rings. The molecule has 0 fully saturated rings.